The fourth-order valence-corrected chi connectivity index (χ4v) is 9.79. The molecule has 0 bridgehead atoms. The first kappa shape index (κ1) is 29.2. The van der Waals surface area contributed by atoms with Crippen LogP contribution in [-0.4, -0.2) is 95.8 Å². The second-order valence-electron chi connectivity index (χ2n) is 12.9. The van der Waals surface area contributed by atoms with Crippen molar-refractivity contribution in [2.24, 2.45) is 5.92 Å². The number of likely N-dealkylation sites (tertiary alicyclic amines) is 1. The van der Waals surface area contributed by atoms with E-state index in [-0.39, 0.29) is 29.2 Å². The Morgan fingerprint density at radius 1 is 1.27 bits per heavy atom. The zero-order valence-corrected chi connectivity index (χ0v) is 25.5. The van der Waals surface area contributed by atoms with Crippen LogP contribution in [0, 0.1) is 24.2 Å². The molecular formula is C32H46N6O2S. The van der Waals surface area contributed by atoms with Gasteiger partial charge in [-0.25, -0.2) is 0 Å². The van der Waals surface area contributed by atoms with Crippen molar-refractivity contribution in [3.8, 4) is 6.07 Å². The Morgan fingerprint density at radius 3 is 2.93 bits per heavy atom. The van der Waals surface area contributed by atoms with Gasteiger partial charge in [-0.3, -0.25) is 20.3 Å². The summed E-state index contributed by atoms with van der Waals surface area (Å²) < 4.78 is 6.83. The van der Waals surface area contributed by atoms with Crippen molar-refractivity contribution in [1.82, 2.24) is 25.3 Å². The van der Waals surface area contributed by atoms with E-state index < -0.39 is 0 Å². The molecule has 0 aromatic heterocycles. The van der Waals surface area contributed by atoms with Crippen LogP contribution in [0.15, 0.2) is 30.9 Å². The lowest BCUT2D eigenvalue weighted by molar-refractivity contribution is -0.135. The molecule has 1 aromatic carbocycles. The molecule has 4 fully saturated rings. The number of thioether (sulfide) groups is 1. The summed E-state index contributed by atoms with van der Waals surface area (Å²) in [5.41, 5.74) is 4.50. The molecule has 222 valence electrons. The van der Waals surface area contributed by atoms with Crippen LogP contribution in [0.5, 0.6) is 0 Å². The predicted octanol–water partition coefficient (Wildman–Crippen LogP) is 3.22. The number of aryl methyl sites for hydroxylation is 1. The smallest absolute Gasteiger partial charge is 0.246 e. The van der Waals surface area contributed by atoms with Gasteiger partial charge in [0, 0.05) is 48.1 Å². The molecule has 6 rings (SSSR count). The Bertz CT molecular complexity index is 1170. The summed E-state index contributed by atoms with van der Waals surface area (Å²) in [5.74, 6) is 1.47. The monoisotopic (exact) mass is 578 g/mol. The summed E-state index contributed by atoms with van der Waals surface area (Å²) >= 11 is 2.17. The predicted molar refractivity (Wildman–Crippen MR) is 163 cm³/mol. The van der Waals surface area contributed by atoms with Crippen LogP contribution in [0.3, 0.4) is 0 Å². The van der Waals surface area contributed by atoms with E-state index in [1.54, 1.807) is 5.56 Å². The van der Waals surface area contributed by atoms with Gasteiger partial charge in [-0.15, -0.1) is 11.8 Å². The zero-order valence-electron chi connectivity index (χ0n) is 24.7. The number of nitriles is 1. The average molecular weight is 579 g/mol. The molecule has 4 heterocycles. The third-order valence-electron chi connectivity index (χ3n) is 10.5. The Kier molecular flexibility index (Phi) is 8.79. The van der Waals surface area contributed by atoms with Crippen molar-refractivity contribution < 1.29 is 9.53 Å². The van der Waals surface area contributed by atoms with E-state index in [0.717, 1.165) is 44.7 Å². The highest BCUT2D eigenvalue weighted by Crippen LogP contribution is 2.50. The molecule has 6 unspecified atom stereocenters. The summed E-state index contributed by atoms with van der Waals surface area (Å²) in [6.45, 7) is 9.90. The van der Waals surface area contributed by atoms with Crippen molar-refractivity contribution in [3.63, 3.8) is 0 Å². The van der Waals surface area contributed by atoms with Gasteiger partial charge in [-0.05, 0) is 81.8 Å². The van der Waals surface area contributed by atoms with Crippen LogP contribution in [-0.2, 0) is 21.7 Å². The van der Waals surface area contributed by atoms with E-state index in [1.807, 2.05) is 4.90 Å². The lowest BCUT2D eigenvalue weighted by atomic mass is 9.72. The summed E-state index contributed by atoms with van der Waals surface area (Å²) in [6, 6.07) is 9.83. The summed E-state index contributed by atoms with van der Waals surface area (Å²) in [6.07, 6.45) is 8.70. The number of benzene rings is 1. The van der Waals surface area contributed by atoms with Gasteiger partial charge in [0.2, 0.25) is 5.91 Å². The number of amides is 1. The van der Waals surface area contributed by atoms with Gasteiger partial charge in [-0.2, -0.15) is 5.26 Å². The van der Waals surface area contributed by atoms with Gasteiger partial charge in [0.1, 0.15) is 0 Å². The van der Waals surface area contributed by atoms with Gasteiger partial charge in [0.25, 0.3) is 0 Å². The van der Waals surface area contributed by atoms with E-state index in [0.29, 0.717) is 37.5 Å². The third kappa shape index (κ3) is 5.97. The lowest BCUT2D eigenvalue weighted by Gasteiger charge is -2.56. The van der Waals surface area contributed by atoms with Crippen molar-refractivity contribution in [2.75, 3.05) is 39.8 Å². The lowest BCUT2D eigenvalue weighted by Crippen LogP contribution is -2.73. The fourth-order valence-electron chi connectivity index (χ4n) is 8.11. The Balaban J connectivity index is 1.21. The maximum Gasteiger partial charge on any atom is 0.246 e. The maximum absolute atomic E-state index is 12.6. The number of carbonyl (C=O) groups excluding carboxylic acids is 1. The number of likely N-dealkylation sites (N-methyl/N-ethyl adjacent to an activating group) is 1. The fraction of sp³-hybridized carbons (Fsp3) is 0.688. The average Bonchev–Trinajstić information content (AvgIpc) is 3.39. The minimum Gasteiger partial charge on any atom is -0.348 e. The second kappa shape index (κ2) is 12.4. The molecule has 9 heteroatoms. The number of nitrogens with one attached hydrogen (secondary N) is 2. The number of ether oxygens (including phenoxy) is 1. The Hall–Kier alpha value is -1.93. The molecule has 3 saturated heterocycles. The van der Waals surface area contributed by atoms with E-state index in [4.69, 9.17) is 4.74 Å². The highest BCUT2D eigenvalue weighted by Gasteiger charge is 2.50. The first-order chi connectivity index (χ1) is 19.9. The summed E-state index contributed by atoms with van der Waals surface area (Å²) in [7, 11) is 2.20. The molecule has 1 spiro atoms. The van der Waals surface area contributed by atoms with Crippen LogP contribution >= 0.6 is 11.8 Å². The van der Waals surface area contributed by atoms with Crippen LogP contribution < -0.4 is 10.6 Å². The van der Waals surface area contributed by atoms with Crippen LogP contribution in [0.1, 0.15) is 55.2 Å². The van der Waals surface area contributed by atoms with Gasteiger partial charge in [0.15, 0.2) is 6.35 Å². The van der Waals surface area contributed by atoms with E-state index >= 15 is 0 Å². The summed E-state index contributed by atoms with van der Waals surface area (Å²) in [5, 5.41) is 17.3. The standard InChI is InChI=1S/C32H46N6O2S/c1-4-29(39)38-16-15-37(19-24(38)11-13-33)30-26-10-12-32(17-23-8-5-7-22(2)27(23)21-41-32)18-28(26)34-31(35-30)40-20-25-9-6-14-36(25)3/h4-5,7-8,24-26,28,30-31,34-35H,1,6,9-12,14-21H2,2-3H3/t24?,25?,26?,28?,30?,31?,32-/m1/s1. The van der Waals surface area contributed by atoms with Gasteiger partial charge < -0.3 is 14.5 Å². The zero-order chi connectivity index (χ0) is 28.6. The highest BCUT2D eigenvalue weighted by atomic mass is 32.2. The molecule has 0 radical (unpaired) electrons. The molecule has 1 saturated carbocycles. The minimum atomic E-state index is -0.212. The molecule has 41 heavy (non-hydrogen) atoms. The van der Waals surface area contributed by atoms with Crippen LogP contribution in [0.2, 0.25) is 0 Å². The first-order valence-corrected chi connectivity index (χ1v) is 16.5. The Labute approximate surface area is 249 Å². The number of carbonyl (C=O) groups is 1. The molecule has 1 amide bonds. The van der Waals surface area contributed by atoms with Gasteiger partial charge in [0.05, 0.1) is 31.3 Å². The van der Waals surface area contributed by atoms with Crippen molar-refractivity contribution >= 4 is 17.7 Å². The van der Waals surface area contributed by atoms with Gasteiger partial charge >= 0.3 is 0 Å². The maximum atomic E-state index is 12.6. The first-order valence-electron chi connectivity index (χ1n) is 15.5. The highest BCUT2D eigenvalue weighted by molar-refractivity contribution is 8.00. The SMILES string of the molecule is C=CC(=O)N1CCN(C2NC(OCC3CCCN3C)NC3C[C@@]4(CCC32)Cc2cccc(C)c2CS4)CC1CC#N. The quantitative estimate of drug-likeness (QED) is 0.498. The number of rotatable bonds is 6. The van der Waals surface area contributed by atoms with Crippen molar-refractivity contribution in [3.05, 3.63) is 47.5 Å². The third-order valence-corrected chi connectivity index (χ3v) is 12.1. The molecule has 4 aliphatic heterocycles. The molecule has 1 aliphatic carbocycles. The largest absolute Gasteiger partial charge is 0.348 e. The number of hydrogen-bond acceptors (Lipinski definition) is 8. The van der Waals surface area contributed by atoms with Crippen LogP contribution in [0.25, 0.3) is 0 Å². The van der Waals surface area contributed by atoms with E-state index in [9.17, 15) is 10.1 Å². The molecule has 7 atom stereocenters. The number of fused-ring (bicyclic) bond motifs is 2. The molecule has 2 N–H and O–H groups in total. The summed E-state index contributed by atoms with van der Waals surface area (Å²) in [4.78, 5) is 19.3. The normalized spacial score (nSPS) is 36.0. The topological polar surface area (TPSA) is 83.9 Å². The van der Waals surface area contributed by atoms with Crippen LogP contribution in [0.4, 0.5) is 0 Å². The number of piperazine rings is 1. The van der Waals surface area contributed by atoms with Crippen molar-refractivity contribution in [2.45, 2.75) is 93.0 Å². The minimum absolute atomic E-state index is 0.0765. The van der Waals surface area contributed by atoms with E-state index in [1.165, 1.54) is 36.5 Å². The molecule has 5 aliphatic rings. The molecule has 8 nitrogen and oxygen atoms in total. The number of hydrogen-bond donors (Lipinski definition) is 2. The van der Waals surface area contributed by atoms with Gasteiger partial charge in [-0.1, -0.05) is 24.8 Å². The van der Waals surface area contributed by atoms with Crippen molar-refractivity contribution in [1.29, 1.82) is 5.26 Å². The van der Waals surface area contributed by atoms with E-state index in [2.05, 4.69) is 77.0 Å². The molecular weight excluding hydrogens is 532 g/mol. The molecule has 1 aromatic rings. The Morgan fingerprint density at radius 2 is 2.15 bits per heavy atom. The number of nitrogens with zero attached hydrogens (tertiary/aromatic N) is 4. The second-order valence-corrected chi connectivity index (χ2v) is 14.3.